The third kappa shape index (κ3) is 0.998. The fraction of sp³-hybridized carbons (Fsp3) is 0.400. The first-order valence-electron chi connectivity index (χ1n) is 3.57. The fourth-order valence-electron chi connectivity index (χ4n) is 0.686. The Kier molecular flexibility index (Phi) is 0.796. The Morgan fingerprint density at radius 1 is 0.800 bits per heavy atom. The van der Waals surface area contributed by atoms with Crippen molar-refractivity contribution >= 4 is 0 Å². The van der Waals surface area contributed by atoms with Gasteiger partial charge in [0.2, 0.25) is 0 Å². The lowest BCUT2D eigenvalue weighted by Gasteiger charge is -1.98. The average Bonchev–Trinajstić information content (AvgIpc) is 2.72. The minimum Gasteiger partial charge on any atom is -0.0871 e. The molecule has 0 radical (unpaired) electrons. The number of allylic oxidation sites excluding steroid dienone is 4. The summed E-state index contributed by atoms with van der Waals surface area (Å²) in [7, 11) is 0. The molecular weight excluding hydrogens is 120 g/mol. The highest BCUT2D eigenvalue weighted by atomic mass is 14.3. The van der Waals surface area contributed by atoms with E-state index in [0.717, 1.165) is 0 Å². The van der Waals surface area contributed by atoms with Gasteiger partial charge < -0.3 is 0 Å². The van der Waals surface area contributed by atoms with Crippen molar-refractivity contribution in [3.8, 4) is 11.8 Å². The molecule has 0 aliphatic heterocycles. The first kappa shape index (κ1) is 5.80. The third-order valence-electron chi connectivity index (χ3n) is 1.93. The quantitative estimate of drug-likeness (QED) is 0.348. The SMILES string of the molecule is CC1(C#CC2(C)C=C2)C=C1. The second-order valence-electron chi connectivity index (χ2n) is 3.48. The van der Waals surface area contributed by atoms with Crippen LogP contribution in [-0.2, 0) is 0 Å². The predicted octanol–water partition coefficient (Wildman–Crippen LogP) is 2.14. The summed E-state index contributed by atoms with van der Waals surface area (Å²) >= 11 is 0. The van der Waals surface area contributed by atoms with Crippen molar-refractivity contribution in [3.63, 3.8) is 0 Å². The Morgan fingerprint density at radius 3 is 1.30 bits per heavy atom. The molecule has 0 N–H and O–H groups in total. The van der Waals surface area contributed by atoms with Crippen LogP contribution >= 0.6 is 0 Å². The van der Waals surface area contributed by atoms with Crippen molar-refractivity contribution in [2.45, 2.75) is 13.8 Å². The van der Waals surface area contributed by atoms with Crippen molar-refractivity contribution in [1.82, 2.24) is 0 Å². The second-order valence-corrected chi connectivity index (χ2v) is 3.48. The maximum atomic E-state index is 3.21. The molecule has 2 aliphatic rings. The zero-order chi connectivity index (χ0) is 7.24. The highest BCUT2D eigenvalue weighted by Gasteiger charge is 2.28. The van der Waals surface area contributed by atoms with Gasteiger partial charge in [-0.2, -0.15) is 0 Å². The summed E-state index contributed by atoms with van der Waals surface area (Å²) in [5, 5.41) is 0. The highest BCUT2D eigenvalue weighted by Crippen LogP contribution is 2.36. The Hall–Kier alpha value is -0.960. The maximum absolute atomic E-state index is 3.21. The van der Waals surface area contributed by atoms with E-state index in [2.05, 4.69) is 50.0 Å². The van der Waals surface area contributed by atoms with E-state index in [1.165, 1.54) is 0 Å². The van der Waals surface area contributed by atoms with E-state index in [-0.39, 0.29) is 10.8 Å². The molecule has 10 heavy (non-hydrogen) atoms. The lowest BCUT2D eigenvalue weighted by Crippen LogP contribution is -1.93. The van der Waals surface area contributed by atoms with Gasteiger partial charge in [-0.15, -0.1) is 0 Å². The molecule has 0 nitrogen and oxygen atoms in total. The molecule has 50 valence electrons. The molecule has 0 heterocycles. The zero-order valence-electron chi connectivity index (χ0n) is 6.31. The van der Waals surface area contributed by atoms with Gasteiger partial charge in [-0.25, -0.2) is 0 Å². The highest BCUT2D eigenvalue weighted by molar-refractivity contribution is 5.45. The van der Waals surface area contributed by atoms with Crippen LogP contribution in [0.3, 0.4) is 0 Å². The van der Waals surface area contributed by atoms with Gasteiger partial charge in [0.1, 0.15) is 0 Å². The van der Waals surface area contributed by atoms with Gasteiger partial charge in [0, 0.05) is 0 Å². The van der Waals surface area contributed by atoms with Crippen LogP contribution in [0.5, 0.6) is 0 Å². The van der Waals surface area contributed by atoms with Crippen LogP contribution in [0.1, 0.15) is 13.8 Å². The van der Waals surface area contributed by atoms with E-state index in [4.69, 9.17) is 0 Å². The molecule has 0 aromatic rings. The number of rotatable bonds is 0. The van der Waals surface area contributed by atoms with Crippen molar-refractivity contribution in [2.24, 2.45) is 10.8 Å². The maximum Gasteiger partial charge on any atom is 0.0647 e. The van der Waals surface area contributed by atoms with Gasteiger partial charge in [-0.3, -0.25) is 0 Å². The van der Waals surface area contributed by atoms with Gasteiger partial charge in [-0.1, -0.05) is 36.1 Å². The molecule has 0 amide bonds. The van der Waals surface area contributed by atoms with Crippen LogP contribution in [0.4, 0.5) is 0 Å². The summed E-state index contributed by atoms with van der Waals surface area (Å²) in [6.45, 7) is 4.26. The van der Waals surface area contributed by atoms with Crippen LogP contribution in [0, 0.1) is 22.7 Å². The summed E-state index contributed by atoms with van der Waals surface area (Å²) in [5.41, 5.74) is 0.292. The van der Waals surface area contributed by atoms with E-state index >= 15 is 0 Å². The van der Waals surface area contributed by atoms with Gasteiger partial charge in [0.25, 0.3) is 0 Å². The van der Waals surface area contributed by atoms with Crippen LogP contribution in [0.15, 0.2) is 24.3 Å². The molecule has 0 bridgehead atoms. The molecule has 2 rings (SSSR count). The van der Waals surface area contributed by atoms with Gasteiger partial charge in [-0.05, 0) is 13.8 Å². The van der Waals surface area contributed by atoms with Gasteiger partial charge >= 0.3 is 0 Å². The van der Waals surface area contributed by atoms with Gasteiger partial charge in [0.15, 0.2) is 0 Å². The van der Waals surface area contributed by atoms with Crippen LogP contribution in [0.2, 0.25) is 0 Å². The number of hydrogen-bond donors (Lipinski definition) is 0. The van der Waals surface area contributed by atoms with Gasteiger partial charge in [0.05, 0.1) is 10.8 Å². The Bertz CT molecular complexity index is 241. The summed E-state index contributed by atoms with van der Waals surface area (Å²) in [6, 6.07) is 0. The summed E-state index contributed by atoms with van der Waals surface area (Å²) in [5.74, 6) is 6.42. The molecule has 0 heteroatoms. The van der Waals surface area contributed by atoms with E-state index in [1.807, 2.05) is 0 Å². The second kappa shape index (κ2) is 1.37. The zero-order valence-corrected chi connectivity index (χ0v) is 6.31. The monoisotopic (exact) mass is 130 g/mol. The first-order chi connectivity index (χ1) is 4.62. The van der Waals surface area contributed by atoms with Crippen molar-refractivity contribution < 1.29 is 0 Å². The number of hydrogen-bond acceptors (Lipinski definition) is 0. The molecule has 2 aliphatic carbocycles. The standard InChI is InChI=1S/C10H10/c1-9(3-4-9)7-8-10(2)5-6-10/h3-6H,1-2H3. The van der Waals surface area contributed by atoms with E-state index in [9.17, 15) is 0 Å². The van der Waals surface area contributed by atoms with Crippen LogP contribution < -0.4 is 0 Å². The van der Waals surface area contributed by atoms with Crippen LogP contribution in [-0.4, -0.2) is 0 Å². The van der Waals surface area contributed by atoms with Crippen molar-refractivity contribution in [3.05, 3.63) is 24.3 Å². The molecule has 0 saturated carbocycles. The Morgan fingerprint density at radius 2 is 1.10 bits per heavy atom. The smallest absolute Gasteiger partial charge is 0.0647 e. The van der Waals surface area contributed by atoms with E-state index in [1.54, 1.807) is 0 Å². The lowest BCUT2D eigenvalue weighted by atomic mass is 10.0. The molecule has 0 aromatic carbocycles. The first-order valence-corrected chi connectivity index (χ1v) is 3.57. The van der Waals surface area contributed by atoms with Crippen molar-refractivity contribution in [1.29, 1.82) is 0 Å². The molecule has 0 fully saturated rings. The summed E-state index contributed by atoms with van der Waals surface area (Å²) < 4.78 is 0. The minimum absolute atomic E-state index is 0.146. The molecular formula is C10H10. The molecule has 0 unspecified atom stereocenters. The van der Waals surface area contributed by atoms with E-state index in [0.29, 0.717) is 0 Å². The molecule has 0 spiro atoms. The average molecular weight is 130 g/mol. The minimum atomic E-state index is 0.146. The third-order valence-corrected chi connectivity index (χ3v) is 1.93. The largest absolute Gasteiger partial charge is 0.0871 e. The summed E-state index contributed by atoms with van der Waals surface area (Å²) in [6.07, 6.45) is 8.52. The Labute approximate surface area is 61.6 Å². The normalized spacial score (nSPS) is 27.0. The molecule has 0 aromatic heterocycles. The Balaban J connectivity index is 2.03. The molecule has 0 atom stereocenters. The molecule has 0 saturated heterocycles. The summed E-state index contributed by atoms with van der Waals surface area (Å²) in [4.78, 5) is 0. The topological polar surface area (TPSA) is 0 Å². The van der Waals surface area contributed by atoms with E-state index < -0.39 is 0 Å². The van der Waals surface area contributed by atoms with Crippen molar-refractivity contribution in [2.75, 3.05) is 0 Å². The van der Waals surface area contributed by atoms with Crippen LogP contribution in [0.25, 0.3) is 0 Å². The fourth-order valence-corrected chi connectivity index (χ4v) is 0.686. The lowest BCUT2D eigenvalue weighted by molar-refractivity contribution is 0.838. The predicted molar refractivity (Wildman–Crippen MR) is 42.3 cm³/mol.